The fraction of sp³-hybridized carbons (Fsp3) is 0.500. The summed E-state index contributed by atoms with van der Waals surface area (Å²) >= 11 is 0. The van der Waals surface area contributed by atoms with Crippen molar-refractivity contribution in [3.8, 4) is 0 Å². The maximum atomic E-state index is 12.1. The lowest BCUT2D eigenvalue weighted by Gasteiger charge is -2.32. The molecule has 7 heteroatoms. The van der Waals surface area contributed by atoms with E-state index in [-0.39, 0.29) is 17.1 Å². The third-order valence-corrected chi connectivity index (χ3v) is 4.70. The van der Waals surface area contributed by atoms with Gasteiger partial charge in [0.05, 0.1) is 11.3 Å². The van der Waals surface area contributed by atoms with E-state index in [1.807, 2.05) is 0 Å². The molecule has 0 bridgehead atoms. The Kier molecular flexibility index (Phi) is 4.10. The molecule has 1 saturated heterocycles. The summed E-state index contributed by atoms with van der Waals surface area (Å²) in [6, 6.07) is 6.23. The van der Waals surface area contributed by atoms with Gasteiger partial charge in [0.25, 0.3) is 0 Å². The summed E-state index contributed by atoms with van der Waals surface area (Å²) in [6.07, 6.45) is 0.833. The first-order chi connectivity index (χ1) is 8.93. The molecule has 1 fully saturated rings. The molecule has 0 radical (unpaired) electrons. The molecule has 0 aromatic heterocycles. The van der Waals surface area contributed by atoms with Gasteiger partial charge in [-0.25, -0.2) is 13.1 Å². The molecule has 0 atom stereocenters. The van der Waals surface area contributed by atoms with E-state index in [2.05, 4.69) is 4.72 Å². The quantitative estimate of drug-likeness (QED) is 0.681. The number of sulfonamides is 1. The number of aliphatic hydroxyl groups is 1. The molecular weight excluding hydrogens is 268 g/mol. The van der Waals surface area contributed by atoms with Gasteiger partial charge in [-0.3, -0.25) is 0 Å². The highest BCUT2D eigenvalue weighted by atomic mass is 32.2. The van der Waals surface area contributed by atoms with Crippen LogP contribution in [0.25, 0.3) is 0 Å². The highest BCUT2D eigenvalue weighted by Crippen LogP contribution is 2.21. The standard InChI is InChI=1S/C12H18N2O4S/c13-10-3-1-2-4-11(10)19(16,17)14-9-12(15)5-7-18-8-6-12/h1-4,14-15H,5-9,13H2. The molecule has 4 N–H and O–H groups in total. The normalized spacial score (nSPS) is 19.2. The van der Waals surface area contributed by atoms with Gasteiger partial charge in [0.2, 0.25) is 10.0 Å². The predicted molar refractivity (Wildman–Crippen MR) is 71.0 cm³/mol. The molecule has 0 amide bonds. The van der Waals surface area contributed by atoms with Gasteiger partial charge in [0.1, 0.15) is 4.90 Å². The molecule has 0 saturated carbocycles. The van der Waals surface area contributed by atoms with Crippen LogP contribution < -0.4 is 10.5 Å². The van der Waals surface area contributed by atoms with Crippen molar-refractivity contribution >= 4 is 15.7 Å². The van der Waals surface area contributed by atoms with Gasteiger partial charge >= 0.3 is 0 Å². The van der Waals surface area contributed by atoms with Crippen LogP contribution in [0.5, 0.6) is 0 Å². The molecule has 19 heavy (non-hydrogen) atoms. The van der Waals surface area contributed by atoms with E-state index in [0.717, 1.165) is 0 Å². The summed E-state index contributed by atoms with van der Waals surface area (Å²) in [4.78, 5) is 0.0330. The van der Waals surface area contributed by atoms with Crippen LogP contribution in [-0.4, -0.2) is 38.9 Å². The van der Waals surface area contributed by atoms with Crippen LogP contribution in [0.15, 0.2) is 29.2 Å². The maximum absolute atomic E-state index is 12.1. The number of hydrogen-bond acceptors (Lipinski definition) is 5. The third kappa shape index (κ3) is 3.44. The minimum absolute atomic E-state index is 0.0330. The summed E-state index contributed by atoms with van der Waals surface area (Å²) in [5, 5.41) is 10.2. The number of nitrogens with two attached hydrogens (primary N) is 1. The smallest absolute Gasteiger partial charge is 0.242 e. The van der Waals surface area contributed by atoms with E-state index in [9.17, 15) is 13.5 Å². The zero-order chi connectivity index (χ0) is 13.9. The van der Waals surface area contributed by atoms with Gasteiger partial charge in [-0.1, -0.05) is 12.1 Å². The minimum atomic E-state index is -3.70. The Balaban J connectivity index is 2.08. The minimum Gasteiger partial charge on any atom is -0.398 e. The fourth-order valence-corrected chi connectivity index (χ4v) is 3.21. The number of hydrogen-bond donors (Lipinski definition) is 3. The van der Waals surface area contributed by atoms with Crippen molar-refractivity contribution in [2.75, 3.05) is 25.5 Å². The largest absolute Gasteiger partial charge is 0.398 e. The van der Waals surface area contributed by atoms with Gasteiger partial charge in [-0.05, 0) is 12.1 Å². The molecular formula is C12H18N2O4S. The molecule has 1 aromatic rings. The SMILES string of the molecule is Nc1ccccc1S(=O)(=O)NCC1(O)CCOCC1. The summed E-state index contributed by atoms with van der Waals surface area (Å²) < 4.78 is 31.8. The van der Waals surface area contributed by atoms with Crippen LogP contribution in [0.3, 0.4) is 0 Å². The lowest BCUT2D eigenvalue weighted by molar-refractivity contribution is -0.0588. The molecule has 0 aliphatic carbocycles. The Bertz CT molecular complexity index is 538. The number of ether oxygens (including phenoxy) is 1. The molecule has 0 spiro atoms. The summed E-state index contributed by atoms with van der Waals surface area (Å²) in [5.41, 5.74) is 4.79. The number of para-hydroxylation sites is 1. The summed E-state index contributed by atoms with van der Waals surface area (Å²) in [6.45, 7) is 0.838. The van der Waals surface area contributed by atoms with Crippen molar-refractivity contribution in [1.29, 1.82) is 0 Å². The van der Waals surface area contributed by atoms with Crippen molar-refractivity contribution in [3.05, 3.63) is 24.3 Å². The lowest BCUT2D eigenvalue weighted by Crippen LogP contribution is -2.46. The van der Waals surface area contributed by atoms with Gasteiger partial charge in [-0.15, -0.1) is 0 Å². The van der Waals surface area contributed by atoms with Gasteiger partial charge in [-0.2, -0.15) is 0 Å². The number of nitrogen functional groups attached to an aromatic ring is 1. The van der Waals surface area contributed by atoms with Crippen LogP contribution in [-0.2, 0) is 14.8 Å². The number of rotatable bonds is 4. The average molecular weight is 286 g/mol. The Morgan fingerprint density at radius 2 is 1.95 bits per heavy atom. The number of nitrogens with one attached hydrogen (secondary N) is 1. The average Bonchev–Trinajstić information content (AvgIpc) is 2.38. The van der Waals surface area contributed by atoms with Crippen molar-refractivity contribution in [3.63, 3.8) is 0 Å². The van der Waals surface area contributed by atoms with Crippen LogP contribution >= 0.6 is 0 Å². The first-order valence-electron chi connectivity index (χ1n) is 6.07. The van der Waals surface area contributed by atoms with Crippen molar-refractivity contribution in [2.45, 2.75) is 23.3 Å². The lowest BCUT2D eigenvalue weighted by atomic mass is 9.95. The van der Waals surface area contributed by atoms with E-state index in [1.165, 1.54) is 12.1 Å². The zero-order valence-electron chi connectivity index (χ0n) is 10.5. The molecule has 106 valence electrons. The fourth-order valence-electron chi connectivity index (χ4n) is 1.96. The molecule has 6 nitrogen and oxygen atoms in total. The van der Waals surface area contributed by atoms with Gasteiger partial charge in [0, 0.05) is 32.6 Å². The summed E-state index contributed by atoms with van der Waals surface area (Å²) in [5.74, 6) is 0. The highest BCUT2D eigenvalue weighted by Gasteiger charge is 2.31. The van der Waals surface area contributed by atoms with E-state index in [1.54, 1.807) is 12.1 Å². The van der Waals surface area contributed by atoms with E-state index < -0.39 is 15.6 Å². The summed E-state index contributed by atoms with van der Waals surface area (Å²) in [7, 11) is -3.70. The van der Waals surface area contributed by atoms with Crippen molar-refractivity contribution in [1.82, 2.24) is 4.72 Å². The van der Waals surface area contributed by atoms with E-state index in [0.29, 0.717) is 26.1 Å². The monoisotopic (exact) mass is 286 g/mol. The van der Waals surface area contributed by atoms with Crippen LogP contribution in [0.1, 0.15) is 12.8 Å². The Labute approximate surface area is 112 Å². The van der Waals surface area contributed by atoms with Crippen LogP contribution in [0.4, 0.5) is 5.69 Å². The number of benzene rings is 1. The Hall–Kier alpha value is -1.15. The molecule has 1 aliphatic heterocycles. The van der Waals surface area contributed by atoms with E-state index in [4.69, 9.17) is 10.5 Å². The Morgan fingerprint density at radius 3 is 2.58 bits per heavy atom. The third-order valence-electron chi connectivity index (χ3n) is 3.22. The molecule has 1 heterocycles. The predicted octanol–water partition coefficient (Wildman–Crippen LogP) is 0.0886. The molecule has 1 aromatic carbocycles. The van der Waals surface area contributed by atoms with Crippen molar-refractivity contribution < 1.29 is 18.3 Å². The second kappa shape index (κ2) is 5.46. The maximum Gasteiger partial charge on any atom is 0.242 e. The first-order valence-corrected chi connectivity index (χ1v) is 7.56. The number of anilines is 1. The second-order valence-electron chi connectivity index (χ2n) is 4.70. The van der Waals surface area contributed by atoms with Gasteiger partial charge in [0.15, 0.2) is 0 Å². The van der Waals surface area contributed by atoms with Gasteiger partial charge < -0.3 is 15.6 Å². The first kappa shape index (κ1) is 14.3. The Morgan fingerprint density at radius 1 is 1.32 bits per heavy atom. The van der Waals surface area contributed by atoms with Crippen LogP contribution in [0.2, 0.25) is 0 Å². The topological polar surface area (TPSA) is 102 Å². The molecule has 1 aliphatic rings. The van der Waals surface area contributed by atoms with Crippen LogP contribution in [0, 0.1) is 0 Å². The van der Waals surface area contributed by atoms with E-state index >= 15 is 0 Å². The molecule has 2 rings (SSSR count). The zero-order valence-corrected chi connectivity index (χ0v) is 11.3. The second-order valence-corrected chi connectivity index (χ2v) is 6.43. The highest BCUT2D eigenvalue weighted by molar-refractivity contribution is 7.89. The molecule has 0 unspecified atom stereocenters. The van der Waals surface area contributed by atoms with Crippen molar-refractivity contribution in [2.24, 2.45) is 0 Å².